The van der Waals surface area contributed by atoms with E-state index in [4.69, 9.17) is 9.84 Å². The fourth-order valence-corrected chi connectivity index (χ4v) is 2.70. The van der Waals surface area contributed by atoms with Crippen molar-refractivity contribution in [1.82, 2.24) is 10.3 Å². The lowest BCUT2D eigenvalue weighted by molar-refractivity contribution is 0.0519. The predicted molar refractivity (Wildman–Crippen MR) is 71.5 cm³/mol. The minimum absolute atomic E-state index is 0.102. The number of hydrogen-bond donors (Lipinski definition) is 2. The number of carboxylic acid groups (broad SMARTS) is 1. The summed E-state index contributed by atoms with van der Waals surface area (Å²) in [5, 5.41) is 11.4. The number of carbonyl (C=O) groups is 2. The number of esters is 1. The summed E-state index contributed by atoms with van der Waals surface area (Å²) < 4.78 is 4.96. The van der Waals surface area contributed by atoms with Crippen LogP contribution in [0.2, 0.25) is 0 Å². The van der Waals surface area contributed by atoms with Gasteiger partial charge in [0.2, 0.25) is 0 Å². The Balaban J connectivity index is 2.91. The Morgan fingerprint density at radius 2 is 2.16 bits per heavy atom. The highest BCUT2D eigenvalue weighted by Crippen LogP contribution is 2.23. The molecule has 7 heteroatoms. The molecule has 0 aliphatic heterocycles. The van der Waals surface area contributed by atoms with Gasteiger partial charge in [-0.05, 0) is 19.3 Å². The fraction of sp³-hybridized carbons (Fsp3) is 0.583. The van der Waals surface area contributed by atoms with Crippen molar-refractivity contribution in [2.75, 3.05) is 6.61 Å². The van der Waals surface area contributed by atoms with Gasteiger partial charge in [0.25, 0.3) is 0 Å². The lowest BCUT2D eigenvalue weighted by Crippen LogP contribution is -2.19. The quantitative estimate of drug-likeness (QED) is 0.783. The van der Waals surface area contributed by atoms with Crippen molar-refractivity contribution in [2.45, 2.75) is 33.7 Å². The van der Waals surface area contributed by atoms with Crippen LogP contribution in [0.3, 0.4) is 0 Å². The molecule has 0 spiro atoms. The van der Waals surface area contributed by atoms with E-state index in [1.807, 2.05) is 13.8 Å². The molecule has 0 aromatic carbocycles. The molecule has 0 saturated carbocycles. The minimum Gasteiger partial charge on any atom is -0.465 e. The Kier molecular flexibility index (Phi) is 5.75. The van der Waals surface area contributed by atoms with E-state index >= 15 is 0 Å². The van der Waals surface area contributed by atoms with Crippen LogP contribution in [-0.4, -0.2) is 28.8 Å². The first-order valence-electron chi connectivity index (χ1n) is 6.06. The molecule has 0 aliphatic carbocycles. The minimum atomic E-state index is -1.11. The molecular weight excluding hydrogens is 268 g/mol. The Hall–Kier alpha value is -1.63. The molecule has 1 rings (SSSR count). The summed E-state index contributed by atoms with van der Waals surface area (Å²) in [6.07, 6.45) is -0.392. The number of nitrogens with zero attached hydrogens (tertiary/aromatic N) is 1. The largest absolute Gasteiger partial charge is 0.465 e. The Morgan fingerprint density at radius 1 is 1.47 bits per heavy atom. The van der Waals surface area contributed by atoms with E-state index in [1.165, 1.54) is 11.3 Å². The fourth-order valence-electron chi connectivity index (χ4n) is 1.50. The van der Waals surface area contributed by atoms with Crippen molar-refractivity contribution in [2.24, 2.45) is 5.92 Å². The molecular formula is C12H18N2O4S. The molecule has 1 aromatic heterocycles. The molecule has 0 fully saturated rings. The molecule has 1 amide bonds. The number of hydrogen-bond acceptors (Lipinski definition) is 5. The third-order valence-corrected chi connectivity index (χ3v) is 3.27. The summed E-state index contributed by atoms with van der Waals surface area (Å²) in [7, 11) is 0. The number of thiazole rings is 1. The summed E-state index contributed by atoms with van der Waals surface area (Å²) in [4.78, 5) is 27.3. The van der Waals surface area contributed by atoms with E-state index in [9.17, 15) is 9.59 Å². The molecule has 0 aliphatic rings. The number of aromatic nitrogens is 1. The van der Waals surface area contributed by atoms with E-state index in [0.29, 0.717) is 23.2 Å². The van der Waals surface area contributed by atoms with Crippen LogP contribution >= 0.6 is 11.3 Å². The van der Waals surface area contributed by atoms with Crippen molar-refractivity contribution in [1.29, 1.82) is 0 Å². The van der Waals surface area contributed by atoms with Gasteiger partial charge in [-0.25, -0.2) is 14.6 Å². The second-order valence-corrected chi connectivity index (χ2v) is 5.52. The van der Waals surface area contributed by atoms with Gasteiger partial charge in [0.15, 0.2) is 5.69 Å². The summed E-state index contributed by atoms with van der Waals surface area (Å²) in [5.41, 5.74) is 0.308. The van der Waals surface area contributed by atoms with Gasteiger partial charge in [0, 0.05) is 4.88 Å². The maximum Gasteiger partial charge on any atom is 0.405 e. The average Bonchev–Trinajstić information content (AvgIpc) is 2.69. The van der Waals surface area contributed by atoms with Crippen LogP contribution in [0, 0.1) is 5.92 Å². The first-order chi connectivity index (χ1) is 8.93. The molecule has 1 aromatic rings. The van der Waals surface area contributed by atoms with Crippen LogP contribution in [-0.2, 0) is 17.7 Å². The summed E-state index contributed by atoms with van der Waals surface area (Å²) in [6, 6.07) is 0. The van der Waals surface area contributed by atoms with Gasteiger partial charge >= 0.3 is 12.1 Å². The molecule has 0 unspecified atom stereocenters. The maximum absolute atomic E-state index is 11.8. The van der Waals surface area contributed by atoms with Gasteiger partial charge in [-0.2, -0.15) is 0 Å². The van der Waals surface area contributed by atoms with Crippen LogP contribution < -0.4 is 5.32 Å². The second kappa shape index (κ2) is 7.08. The molecule has 0 bridgehead atoms. The Morgan fingerprint density at radius 3 is 2.68 bits per heavy atom. The van der Waals surface area contributed by atoms with Crippen molar-refractivity contribution < 1.29 is 19.4 Å². The number of carbonyl (C=O) groups excluding carboxylic acids is 1. The molecule has 0 radical (unpaired) electrons. The third kappa shape index (κ3) is 4.86. The number of rotatable bonds is 6. The van der Waals surface area contributed by atoms with Crippen LogP contribution in [0.5, 0.6) is 0 Å². The van der Waals surface area contributed by atoms with Gasteiger partial charge in [-0.1, -0.05) is 13.8 Å². The van der Waals surface area contributed by atoms with Crippen molar-refractivity contribution in [3.8, 4) is 0 Å². The predicted octanol–water partition coefficient (Wildman–Crippen LogP) is 2.29. The first-order valence-corrected chi connectivity index (χ1v) is 6.88. The van der Waals surface area contributed by atoms with Crippen LogP contribution in [0.4, 0.5) is 4.79 Å². The third-order valence-electron chi connectivity index (χ3n) is 2.19. The van der Waals surface area contributed by atoms with Crippen LogP contribution in [0.1, 0.15) is 41.1 Å². The molecule has 0 atom stereocenters. The van der Waals surface area contributed by atoms with Gasteiger partial charge in [-0.15, -0.1) is 11.3 Å². The number of amides is 1. The molecule has 2 N–H and O–H groups in total. The normalized spacial score (nSPS) is 10.5. The second-order valence-electron chi connectivity index (χ2n) is 4.36. The highest BCUT2D eigenvalue weighted by molar-refractivity contribution is 7.11. The summed E-state index contributed by atoms with van der Waals surface area (Å²) in [6.45, 7) is 6.22. The molecule has 106 valence electrons. The number of ether oxygens (including phenoxy) is 1. The molecule has 1 heterocycles. The molecule has 19 heavy (non-hydrogen) atoms. The Bertz CT molecular complexity index is 457. The zero-order valence-electron chi connectivity index (χ0n) is 11.2. The van der Waals surface area contributed by atoms with E-state index in [2.05, 4.69) is 10.3 Å². The lowest BCUT2D eigenvalue weighted by Gasteiger charge is -2.04. The molecule has 0 saturated heterocycles. The lowest BCUT2D eigenvalue weighted by atomic mass is 10.1. The average molecular weight is 286 g/mol. The zero-order chi connectivity index (χ0) is 14.4. The van der Waals surface area contributed by atoms with Crippen molar-refractivity contribution >= 4 is 23.4 Å². The summed E-state index contributed by atoms with van der Waals surface area (Å²) >= 11 is 1.35. The van der Waals surface area contributed by atoms with E-state index < -0.39 is 12.1 Å². The standard InChI is InChI=1S/C12H18N2O4S/c1-4-18-11(15)10-8(5-7(2)3)19-9(14-10)6-13-12(16)17/h7,13H,4-6H2,1-3H3,(H,16,17). The zero-order valence-corrected chi connectivity index (χ0v) is 12.0. The van der Waals surface area contributed by atoms with Crippen LogP contribution in [0.15, 0.2) is 0 Å². The first kappa shape index (κ1) is 15.4. The van der Waals surface area contributed by atoms with E-state index in [0.717, 1.165) is 11.3 Å². The van der Waals surface area contributed by atoms with Crippen LogP contribution in [0.25, 0.3) is 0 Å². The molecule has 6 nitrogen and oxygen atoms in total. The van der Waals surface area contributed by atoms with E-state index in [-0.39, 0.29) is 6.54 Å². The maximum atomic E-state index is 11.8. The highest BCUT2D eigenvalue weighted by atomic mass is 32.1. The van der Waals surface area contributed by atoms with E-state index in [1.54, 1.807) is 6.92 Å². The topological polar surface area (TPSA) is 88.5 Å². The highest BCUT2D eigenvalue weighted by Gasteiger charge is 2.20. The smallest absolute Gasteiger partial charge is 0.405 e. The van der Waals surface area contributed by atoms with Gasteiger partial charge in [-0.3, -0.25) is 0 Å². The Labute approximate surface area is 115 Å². The SMILES string of the molecule is CCOC(=O)c1nc(CNC(=O)O)sc1CC(C)C. The van der Waals surface area contributed by atoms with Crippen molar-refractivity contribution in [3.05, 3.63) is 15.6 Å². The number of nitrogens with one attached hydrogen (secondary N) is 1. The monoisotopic (exact) mass is 286 g/mol. The van der Waals surface area contributed by atoms with Gasteiger partial charge in [0.05, 0.1) is 13.2 Å². The van der Waals surface area contributed by atoms with Crippen molar-refractivity contribution in [3.63, 3.8) is 0 Å². The van der Waals surface area contributed by atoms with Gasteiger partial charge < -0.3 is 15.2 Å². The van der Waals surface area contributed by atoms with Gasteiger partial charge in [0.1, 0.15) is 5.01 Å². The summed E-state index contributed by atoms with van der Waals surface area (Å²) in [5.74, 6) is -0.0649.